The Balaban J connectivity index is 2.61. The molecule has 0 spiro atoms. The summed E-state index contributed by atoms with van der Waals surface area (Å²) >= 11 is 3.27. The number of hydrogen-bond acceptors (Lipinski definition) is 4. The minimum atomic E-state index is -0.539. The molecule has 0 unspecified atom stereocenters. The molecule has 98 valence electrons. The number of nitrogens with one attached hydrogen (secondary N) is 1. The van der Waals surface area contributed by atoms with Crippen molar-refractivity contribution in [1.29, 1.82) is 0 Å². The summed E-state index contributed by atoms with van der Waals surface area (Å²) < 4.78 is 5.82. The van der Waals surface area contributed by atoms with E-state index in [0.717, 1.165) is 4.47 Å². The van der Waals surface area contributed by atoms with E-state index in [4.69, 9.17) is 4.74 Å². The first-order chi connectivity index (χ1) is 8.30. The van der Waals surface area contributed by atoms with Crippen molar-refractivity contribution in [2.75, 3.05) is 0 Å². The molecule has 1 N–H and O–H groups in total. The van der Waals surface area contributed by atoms with Crippen LogP contribution >= 0.6 is 15.9 Å². The number of hydrogen-bond donors (Lipinski definition) is 1. The van der Waals surface area contributed by atoms with Crippen molar-refractivity contribution >= 4 is 28.3 Å². The largest absolute Gasteiger partial charge is 0.444 e. The van der Waals surface area contributed by atoms with E-state index in [1.807, 2.05) is 0 Å². The molecule has 0 aromatic carbocycles. The number of pyridine rings is 1. The van der Waals surface area contributed by atoms with E-state index in [1.165, 1.54) is 0 Å². The van der Waals surface area contributed by atoms with E-state index in [9.17, 15) is 9.59 Å². The Hall–Kier alpha value is -1.43. The molecular formula is C12H15BrN2O3. The van der Waals surface area contributed by atoms with Crippen LogP contribution in [0.25, 0.3) is 0 Å². The molecule has 0 fully saturated rings. The van der Waals surface area contributed by atoms with E-state index in [2.05, 4.69) is 26.2 Å². The fraction of sp³-hybridized carbons (Fsp3) is 0.417. The molecule has 0 aliphatic carbocycles. The average molecular weight is 315 g/mol. The Morgan fingerprint density at radius 1 is 1.50 bits per heavy atom. The van der Waals surface area contributed by atoms with Gasteiger partial charge < -0.3 is 10.1 Å². The minimum Gasteiger partial charge on any atom is -0.444 e. The summed E-state index contributed by atoms with van der Waals surface area (Å²) in [6.07, 6.45) is 0.138. The van der Waals surface area contributed by atoms with Crippen LogP contribution in [0.1, 0.15) is 37.0 Å². The van der Waals surface area contributed by atoms with Crippen LogP contribution in [0.5, 0.6) is 0 Å². The third-order valence-electron chi connectivity index (χ3n) is 1.80. The van der Waals surface area contributed by atoms with E-state index < -0.39 is 11.7 Å². The molecule has 18 heavy (non-hydrogen) atoms. The molecule has 0 saturated carbocycles. The number of amides is 1. The second-order valence-corrected chi connectivity index (χ2v) is 5.59. The van der Waals surface area contributed by atoms with Gasteiger partial charge in [0.25, 0.3) is 0 Å². The van der Waals surface area contributed by atoms with Crippen molar-refractivity contribution in [3.8, 4) is 0 Å². The van der Waals surface area contributed by atoms with E-state index in [1.54, 1.807) is 32.9 Å². The van der Waals surface area contributed by atoms with Crippen molar-refractivity contribution in [2.45, 2.75) is 32.9 Å². The number of carbonyl (C=O) groups is 2. The molecule has 0 saturated heterocycles. The van der Waals surface area contributed by atoms with Gasteiger partial charge in [-0.2, -0.15) is 0 Å². The lowest BCUT2D eigenvalue weighted by Crippen LogP contribution is -2.32. The van der Waals surface area contributed by atoms with Crippen LogP contribution in [0.3, 0.4) is 0 Å². The highest BCUT2D eigenvalue weighted by atomic mass is 79.9. The highest BCUT2D eigenvalue weighted by molar-refractivity contribution is 9.10. The fourth-order valence-corrected chi connectivity index (χ4v) is 1.70. The van der Waals surface area contributed by atoms with Gasteiger partial charge in [-0.05, 0) is 32.9 Å². The first-order valence-electron chi connectivity index (χ1n) is 5.38. The monoisotopic (exact) mass is 314 g/mol. The fourth-order valence-electron chi connectivity index (χ4n) is 1.20. The molecule has 1 aromatic heterocycles. The first kappa shape index (κ1) is 14.6. The van der Waals surface area contributed by atoms with E-state index in [-0.39, 0.29) is 6.54 Å². The zero-order valence-corrected chi connectivity index (χ0v) is 12.1. The molecule has 1 amide bonds. The lowest BCUT2D eigenvalue weighted by atomic mass is 10.2. The molecule has 1 rings (SSSR count). The number of aldehydes is 1. The Labute approximate surface area is 114 Å². The van der Waals surface area contributed by atoms with Crippen LogP contribution in [0.4, 0.5) is 4.79 Å². The van der Waals surface area contributed by atoms with Crippen molar-refractivity contribution in [3.63, 3.8) is 0 Å². The summed E-state index contributed by atoms with van der Waals surface area (Å²) in [4.78, 5) is 26.1. The van der Waals surface area contributed by atoms with Gasteiger partial charge in [-0.1, -0.05) is 15.9 Å². The van der Waals surface area contributed by atoms with Gasteiger partial charge in [-0.3, -0.25) is 4.79 Å². The van der Waals surface area contributed by atoms with Crippen LogP contribution in [-0.4, -0.2) is 23.0 Å². The second kappa shape index (κ2) is 5.95. The maximum atomic E-state index is 11.4. The lowest BCUT2D eigenvalue weighted by molar-refractivity contribution is 0.0523. The molecule has 0 radical (unpaired) electrons. The van der Waals surface area contributed by atoms with Gasteiger partial charge in [0.1, 0.15) is 11.3 Å². The quantitative estimate of drug-likeness (QED) is 0.871. The van der Waals surface area contributed by atoms with Gasteiger partial charge in [-0.25, -0.2) is 9.78 Å². The molecule has 0 atom stereocenters. The maximum Gasteiger partial charge on any atom is 0.407 e. The zero-order valence-electron chi connectivity index (χ0n) is 10.5. The summed E-state index contributed by atoms with van der Waals surface area (Å²) in [5.74, 6) is 0. The molecule has 0 aliphatic rings. The predicted octanol–water partition coefficient (Wildman–Crippen LogP) is 2.68. The van der Waals surface area contributed by atoms with Crippen LogP contribution in [0.15, 0.2) is 16.6 Å². The third-order valence-corrected chi connectivity index (χ3v) is 2.25. The maximum absolute atomic E-state index is 11.4. The minimum absolute atomic E-state index is 0.204. The molecule has 5 nitrogen and oxygen atoms in total. The summed E-state index contributed by atoms with van der Waals surface area (Å²) in [5, 5.41) is 2.57. The van der Waals surface area contributed by atoms with Crippen LogP contribution < -0.4 is 5.32 Å². The third kappa shape index (κ3) is 5.27. The van der Waals surface area contributed by atoms with Gasteiger partial charge in [0, 0.05) is 4.47 Å². The lowest BCUT2D eigenvalue weighted by Gasteiger charge is -2.19. The van der Waals surface area contributed by atoms with Gasteiger partial charge >= 0.3 is 6.09 Å². The Kier molecular flexibility index (Phi) is 4.84. The molecule has 0 bridgehead atoms. The standard InChI is InChI=1S/C12H15BrN2O3/c1-12(2,3)18-11(17)14-6-9-4-8(13)5-10(7-16)15-9/h4-5,7H,6H2,1-3H3,(H,14,17). The topological polar surface area (TPSA) is 68.3 Å². The molecule has 0 aliphatic heterocycles. The molecule has 6 heteroatoms. The van der Waals surface area contributed by atoms with Gasteiger partial charge in [0.15, 0.2) is 6.29 Å². The summed E-state index contributed by atoms with van der Waals surface area (Å²) in [6.45, 7) is 5.56. The molecular weight excluding hydrogens is 300 g/mol. The number of nitrogens with zero attached hydrogens (tertiary/aromatic N) is 1. The average Bonchev–Trinajstić information content (AvgIpc) is 2.23. The number of aromatic nitrogens is 1. The van der Waals surface area contributed by atoms with Crippen LogP contribution in [0.2, 0.25) is 0 Å². The number of carbonyl (C=O) groups excluding carboxylic acids is 2. The molecule has 1 aromatic rings. The number of alkyl carbamates (subject to hydrolysis) is 1. The zero-order chi connectivity index (χ0) is 13.8. The van der Waals surface area contributed by atoms with Crippen LogP contribution in [0, 0.1) is 0 Å². The van der Waals surface area contributed by atoms with Crippen molar-refractivity contribution in [1.82, 2.24) is 10.3 Å². The van der Waals surface area contributed by atoms with Gasteiger partial charge in [0.2, 0.25) is 0 Å². The summed E-state index contributed by atoms with van der Waals surface area (Å²) in [6, 6.07) is 3.33. The Morgan fingerprint density at radius 3 is 2.72 bits per heavy atom. The van der Waals surface area contributed by atoms with Crippen LogP contribution in [-0.2, 0) is 11.3 Å². The first-order valence-corrected chi connectivity index (χ1v) is 6.18. The van der Waals surface area contributed by atoms with Gasteiger partial charge in [-0.15, -0.1) is 0 Å². The van der Waals surface area contributed by atoms with Crippen molar-refractivity contribution < 1.29 is 14.3 Å². The second-order valence-electron chi connectivity index (χ2n) is 4.67. The highest BCUT2D eigenvalue weighted by Gasteiger charge is 2.15. The summed E-state index contributed by atoms with van der Waals surface area (Å²) in [5.41, 5.74) is 0.352. The predicted molar refractivity (Wildman–Crippen MR) is 70.4 cm³/mol. The Bertz CT molecular complexity index is 455. The van der Waals surface area contributed by atoms with Gasteiger partial charge in [0.05, 0.1) is 12.2 Å². The smallest absolute Gasteiger partial charge is 0.407 e. The van der Waals surface area contributed by atoms with Crippen molar-refractivity contribution in [2.24, 2.45) is 0 Å². The Morgan fingerprint density at radius 2 is 2.17 bits per heavy atom. The number of ether oxygens (including phenoxy) is 1. The number of halogens is 1. The van der Waals surface area contributed by atoms with E-state index >= 15 is 0 Å². The number of rotatable bonds is 3. The normalized spacial score (nSPS) is 10.9. The molecule has 1 heterocycles. The van der Waals surface area contributed by atoms with E-state index in [0.29, 0.717) is 17.7 Å². The SMILES string of the molecule is CC(C)(C)OC(=O)NCc1cc(Br)cc(C=O)n1. The summed E-state index contributed by atoms with van der Waals surface area (Å²) in [7, 11) is 0. The van der Waals surface area contributed by atoms with Crippen molar-refractivity contribution in [3.05, 3.63) is 28.0 Å². The highest BCUT2D eigenvalue weighted by Crippen LogP contribution is 2.12.